The average Bonchev–Trinajstić information content (AvgIpc) is 2.78. The van der Waals surface area contributed by atoms with Crippen molar-refractivity contribution in [3.8, 4) is 5.82 Å². The van der Waals surface area contributed by atoms with E-state index in [-0.39, 0.29) is 24.8 Å². The predicted octanol–water partition coefficient (Wildman–Crippen LogP) is 2.30. The maximum absolute atomic E-state index is 10.8. The summed E-state index contributed by atoms with van der Waals surface area (Å²) in [4.78, 5) is 19.0. The third kappa shape index (κ3) is 3.45. The molecule has 0 aliphatic carbocycles. The Bertz CT molecular complexity index is 502. The second kappa shape index (κ2) is 6.98. The van der Waals surface area contributed by atoms with Crippen LogP contribution in [0.15, 0.2) is 36.9 Å². The Labute approximate surface area is 117 Å². The molecule has 0 radical (unpaired) electrons. The van der Waals surface area contributed by atoms with Crippen molar-refractivity contribution in [2.24, 2.45) is 0 Å². The topological polar surface area (TPSA) is 68.0 Å². The Morgan fingerprint density at radius 1 is 1.33 bits per heavy atom. The molecule has 2 aromatic heterocycles. The minimum Gasteiger partial charge on any atom is -0.481 e. The van der Waals surface area contributed by atoms with E-state index in [0.29, 0.717) is 5.69 Å². The van der Waals surface area contributed by atoms with Crippen LogP contribution in [0.1, 0.15) is 18.5 Å². The fourth-order valence-electron chi connectivity index (χ4n) is 1.32. The van der Waals surface area contributed by atoms with Crippen molar-refractivity contribution in [3.63, 3.8) is 0 Å². The number of aliphatic carboxylic acids is 1. The molecule has 5 nitrogen and oxygen atoms in total. The molecule has 0 saturated carbocycles. The van der Waals surface area contributed by atoms with Gasteiger partial charge in [-0.2, -0.15) is 0 Å². The second-order valence-corrected chi connectivity index (χ2v) is 3.45. The van der Waals surface area contributed by atoms with E-state index >= 15 is 0 Å². The lowest BCUT2D eigenvalue weighted by Gasteiger charge is -2.01. The number of carboxylic acids is 1. The summed E-state index contributed by atoms with van der Waals surface area (Å²) in [5.74, 6) is -0.768. The number of aromatic nitrogens is 3. The van der Waals surface area contributed by atoms with E-state index in [0.717, 1.165) is 5.82 Å². The van der Waals surface area contributed by atoms with Crippen molar-refractivity contribution in [2.45, 2.75) is 12.8 Å². The van der Waals surface area contributed by atoms with Crippen molar-refractivity contribution < 1.29 is 9.90 Å². The fourth-order valence-corrected chi connectivity index (χ4v) is 1.32. The summed E-state index contributed by atoms with van der Waals surface area (Å²) in [5, 5.41) is 8.85. The molecule has 0 spiro atoms. The largest absolute Gasteiger partial charge is 0.481 e. The first kappa shape index (κ1) is 16.4. The molecule has 1 unspecified atom stereocenters. The van der Waals surface area contributed by atoms with Crippen LogP contribution in [0.4, 0.5) is 0 Å². The summed E-state index contributed by atoms with van der Waals surface area (Å²) in [6.45, 7) is 1.60. The fraction of sp³-hybridized carbons (Fsp3) is 0.182. The molecule has 0 aliphatic heterocycles. The number of hydrogen-bond acceptors (Lipinski definition) is 3. The summed E-state index contributed by atoms with van der Waals surface area (Å²) in [7, 11) is 0. The van der Waals surface area contributed by atoms with Crippen LogP contribution in [0.25, 0.3) is 5.82 Å². The van der Waals surface area contributed by atoms with Crippen molar-refractivity contribution >= 4 is 30.8 Å². The average molecular weight is 290 g/mol. The summed E-state index contributed by atoms with van der Waals surface area (Å²) in [6, 6.07) is 5.51. The van der Waals surface area contributed by atoms with Crippen molar-refractivity contribution in [3.05, 3.63) is 42.6 Å². The third-order valence-electron chi connectivity index (χ3n) is 2.33. The highest BCUT2D eigenvalue weighted by Crippen LogP contribution is 2.14. The number of carbonyl (C=O) groups is 1. The standard InChI is InChI=1S/C11H11N3O2.2ClH/c1-8(11(15)16)9-6-14(7-13-9)10-4-2-3-5-12-10;;/h2-8H,1H3,(H,15,16);2*1H. The van der Waals surface area contributed by atoms with Crippen LogP contribution in [-0.4, -0.2) is 25.6 Å². The first-order valence-electron chi connectivity index (χ1n) is 4.86. The Balaban J connectivity index is 0.00000144. The van der Waals surface area contributed by atoms with Crippen molar-refractivity contribution in [1.29, 1.82) is 0 Å². The summed E-state index contributed by atoms with van der Waals surface area (Å²) in [6.07, 6.45) is 4.92. The Hall–Kier alpha value is -1.59. The van der Waals surface area contributed by atoms with Crippen LogP contribution in [0.2, 0.25) is 0 Å². The maximum atomic E-state index is 10.8. The molecular weight excluding hydrogens is 277 g/mol. The molecular formula is C11H13Cl2N3O2. The van der Waals surface area contributed by atoms with Gasteiger partial charge in [0.15, 0.2) is 0 Å². The van der Waals surface area contributed by atoms with Crippen molar-refractivity contribution in [2.75, 3.05) is 0 Å². The van der Waals surface area contributed by atoms with Gasteiger partial charge in [0, 0.05) is 12.4 Å². The number of pyridine rings is 1. The summed E-state index contributed by atoms with van der Waals surface area (Å²) in [5.41, 5.74) is 0.526. The molecule has 0 amide bonds. The third-order valence-corrected chi connectivity index (χ3v) is 2.33. The number of halogens is 2. The van der Waals surface area contributed by atoms with E-state index < -0.39 is 11.9 Å². The van der Waals surface area contributed by atoms with Gasteiger partial charge >= 0.3 is 5.97 Å². The first-order valence-corrected chi connectivity index (χ1v) is 4.86. The van der Waals surface area contributed by atoms with Crippen molar-refractivity contribution in [1.82, 2.24) is 14.5 Å². The Morgan fingerprint density at radius 2 is 2.06 bits per heavy atom. The van der Waals surface area contributed by atoms with E-state index in [1.54, 1.807) is 30.2 Å². The lowest BCUT2D eigenvalue weighted by Crippen LogP contribution is -2.07. The minimum atomic E-state index is -0.883. The summed E-state index contributed by atoms with van der Waals surface area (Å²) < 4.78 is 1.70. The number of hydrogen-bond donors (Lipinski definition) is 1. The molecule has 18 heavy (non-hydrogen) atoms. The van der Waals surface area contributed by atoms with Gasteiger partial charge in [-0.25, -0.2) is 9.97 Å². The lowest BCUT2D eigenvalue weighted by molar-refractivity contribution is -0.138. The minimum absolute atomic E-state index is 0. The van der Waals surface area contributed by atoms with Gasteiger partial charge in [-0.05, 0) is 19.1 Å². The SMILES string of the molecule is CC(C(=O)O)c1cn(-c2ccccn2)cn1.Cl.Cl. The molecule has 1 atom stereocenters. The van der Waals surface area contributed by atoms with Gasteiger partial charge in [0.2, 0.25) is 0 Å². The molecule has 2 aromatic rings. The zero-order valence-corrected chi connectivity index (χ0v) is 11.2. The number of rotatable bonds is 3. The number of nitrogens with zero attached hydrogens (tertiary/aromatic N) is 3. The molecule has 0 aromatic carbocycles. The van der Waals surface area contributed by atoms with Gasteiger partial charge in [-0.1, -0.05) is 6.07 Å². The molecule has 98 valence electrons. The van der Waals surface area contributed by atoms with Gasteiger partial charge in [-0.3, -0.25) is 9.36 Å². The smallest absolute Gasteiger partial charge is 0.312 e. The highest BCUT2D eigenvalue weighted by Gasteiger charge is 2.16. The number of imidazole rings is 1. The molecule has 2 heterocycles. The van der Waals surface area contributed by atoms with Gasteiger partial charge in [0.1, 0.15) is 12.1 Å². The summed E-state index contributed by atoms with van der Waals surface area (Å²) >= 11 is 0. The molecule has 7 heteroatoms. The van der Waals surface area contributed by atoms with Crippen LogP contribution in [0.3, 0.4) is 0 Å². The van der Waals surface area contributed by atoms with Crippen LogP contribution in [-0.2, 0) is 4.79 Å². The first-order chi connectivity index (χ1) is 7.68. The Kier molecular flexibility index (Phi) is 6.36. The molecule has 2 rings (SSSR count). The van der Waals surface area contributed by atoms with Gasteiger partial charge in [0.25, 0.3) is 0 Å². The molecule has 0 aliphatic rings. The van der Waals surface area contributed by atoms with Gasteiger partial charge in [-0.15, -0.1) is 24.8 Å². The quantitative estimate of drug-likeness (QED) is 0.941. The predicted molar refractivity (Wildman–Crippen MR) is 71.9 cm³/mol. The van der Waals surface area contributed by atoms with E-state index in [1.165, 1.54) is 0 Å². The monoisotopic (exact) mass is 289 g/mol. The van der Waals surface area contributed by atoms with E-state index in [4.69, 9.17) is 5.11 Å². The van der Waals surface area contributed by atoms with Crippen LogP contribution < -0.4 is 0 Å². The molecule has 0 saturated heterocycles. The van der Waals surface area contributed by atoms with E-state index in [9.17, 15) is 4.79 Å². The normalized spacial score (nSPS) is 10.9. The zero-order chi connectivity index (χ0) is 11.5. The van der Waals surface area contributed by atoms with E-state index in [1.807, 2.05) is 18.2 Å². The number of carboxylic acid groups (broad SMARTS) is 1. The lowest BCUT2D eigenvalue weighted by atomic mass is 10.1. The zero-order valence-electron chi connectivity index (χ0n) is 9.56. The van der Waals surface area contributed by atoms with Crippen LogP contribution in [0, 0.1) is 0 Å². The van der Waals surface area contributed by atoms with Crippen LogP contribution in [0.5, 0.6) is 0 Å². The van der Waals surface area contributed by atoms with Gasteiger partial charge < -0.3 is 5.11 Å². The second-order valence-electron chi connectivity index (χ2n) is 3.45. The van der Waals surface area contributed by atoms with Gasteiger partial charge in [0.05, 0.1) is 11.6 Å². The highest BCUT2D eigenvalue weighted by molar-refractivity contribution is 5.85. The molecule has 0 fully saturated rings. The molecule has 1 N–H and O–H groups in total. The van der Waals surface area contributed by atoms with Crippen LogP contribution >= 0.6 is 24.8 Å². The highest BCUT2D eigenvalue weighted by atomic mass is 35.5. The maximum Gasteiger partial charge on any atom is 0.312 e. The van der Waals surface area contributed by atoms with E-state index in [2.05, 4.69) is 9.97 Å². The Morgan fingerprint density at radius 3 is 2.61 bits per heavy atom. The molecule has 0 bridgehead atoms.